The van der Waals surface area contributed by atoms with Crippen molar-refractivity contribution in [3.63, 3.8) is 0 Å². The summed E-state index contributed by atoms with van der Waals surface area (Å²) in [5, 5.41) is 0. The Balaban J connectivity index is 1.38. The summed E-state index contributed by atoms with van der Waals surface area (Å²) in [5.74, 6) is -0.317. The van der Waals surface area contributed by atoms with Crippen LogP contribution < -0.4 is 4.90 Å². The Morgan fingerprint density at radius 3 is 2.42 bits per heavy atom. The number of amides is 1. The number of rotatable bonds is 4. The summed E-state index contributed by atoms with van der Waals surface area (Å²) in [6.07, 6.45) is 5.51. The van der Waals surface area contributed by atoms with E-state index in [-0.39, 0.29) is 29.9 Å². The smallest absolute Gasteiger partial charge is 0.306 e. The van der Waals surface area contributed by atoms with Gasteiger partial charge in [-0.2, -0.15) is 0 Å². The largest absolute Gasteiger partial charge is 0.469 e. The Kier molecular flexibility index (Phi) is 5.56. The number of likely N-dealkylation sites (tertiary alicyclic amines) is 1. The van der Waals surface area contributed by atoms with E-state index in [0.717, 1.165) is 37.2 Å². The average Bonchev–Trinajstić information content (AvgIpc) is 3.06. The lowest BCUT2D eigenvalue weighted by atomic mass is 9.75. The third-order valence-electron chi connectivity index (χ3n) is 8.41. The number of esters is 1. The number of benzene rings is 2. The molecule has 1 saturated heterocycles. The Morgan fingerprint density at radius 2 is 1.70 bits per heavy atom. The molecule has 2 aromatic carbocycles. The molecule has 2 aliphatic heterocycles. The molecule has 1 aliphatic carbocycles. The molecular weight excluding hydrogens is 412 g/mol. The van der Waals surface area contributed by atoms with Gasteiger partial charge in [0.25, 0.3) is 0 Å². The van der Waals surface area contributed by atoms with E-state index in [9.17, 15) is 9.59 Å². The van der Waals surface area contributed by atoms with E-state index in [0.29, 0.717) is 0 Å². The fourth-order valence-corrected chi connectivity index (χ4v) is 6.50. The average molecular weight is 447 g/mol. The third-order valence-corrected chi connectivity index (χ3v) is 8.41. The van der Waals surface area contributed by atoms with Crippen molar-refractivity contribution in [2.75, 3.05) is 25.1 Å². The number of aryl methyl sites for hydroxylation is 1. The molecule has 2 heterocycles. The topological polar surface area (TPSA) is 49.9 Å². The van der Waals surface area contributed by atoms with Crippen LogP contribution in [0.5, 0.6) is 0 Å². The van der Waals surface area contributed by atoms with Crippen molar-refractivity contribution in [2.45, 2.75) is 69.4 Å². The lowest BCUT2D eigenvalue weighted by Crippen LogP contribution is -2.54. The fourth-order valence-electron chi connectivity index (χ4n) is 6.50. The van der Waals surface area contributed by atoms with Crippen LogP contribution in [0.1, 0.15) is 62.6 Å². The van der Waals surface area contributed by atoms with Crippen LogP contribution in [-0.2, 0) is 31.7 Å². The molecule has 1 amide bonds. The van der Waals surface area contributed by atoms with Gasteiger partial charge < -0.3 is 9.64 Å². The van der Waals surface area contributed by atoms with Gasteiger partial charge >= 0.3 is 5.97 Å². The SMILES string of the molecule is COC(=O)CC1(C)C(=O)N(C2CCN(C3(C)CCCc4ccccc43)CC2)c2ccccc21. The zero-order chi connectivity index (χ0) is 23.2. The highest BCUT2D eigenvalue weighted by molar-refractivity contribution is 6.09. The quantitative estimate of drug-likeness (QED) is 0.646. The molecule has 2 aromatic rings. The van der Waals surface area contributed by atoms with E-state index in [1.807, 2.05) is 36.1 Å². The van der Waals surface area contributed by atoms with Crippen LogP contribution >= 0.6 is 0 Å². The second-order valence-electron chi connectivity index (χ2n) is 10.3. The van der Waals surface area contributed by atoms with E-state index in [1.54, 1.807) is 0 Å². The van der Waals surface area contributed by atoms with Crippen LogP contribution in [-0.4, -0.2) is 43.0 Å². The molecule has 2 unspecified atom stereocenters. The van der Waals surface area contributed by atoms with Gasteiger partial charge in [0, 0.05) is 30.4 Å². The van der Waals surface area contributed by atoms with Gasteiger partial charge in [0.1, 0.15) is 0 Å². The zero-order valence-corrected chi connectivity index (χ0v) is 20.0. The van der Waals surface area contributed by atoms with Gasteiger partial charge in [-0.15, -0.1) is 0 Å². The lowest BCUT2D eigenvalue weighted by Gasteiger charge is -2.49. The molecule has 5 rings (SSSR count). The number of hydrogen-bond donors (Lipinski definition) is 0. The van der Waals surface area contributed by atoms with E-state index in [4.69, 9.17) is 4.74 Å². The minimum Gasteiger partial charge on any atom is -0.469 e. The second kappa shape index (κ2) is 8.28. The molecule has 174 valence electrons. The van der Waals surface area contributed by atoms with Crippen molar-refractivity contribution < 1.29 is 14.3 Å². The van der Waals surface area contributed by atoms with Crippen LogP contribution in [0.3, 0.4) is 0 Å². The van der Waals surface area contributed by atoms with Crippen LogP contribution in [0.25, 0.3) is 0 Å². The number of anilines is 1. The number of ether oxygens (including phenoxy) is 1. The lowest BCUT2D eigenvalue weighted by molar-refractivity contribution is -0.144. The van der Waals surface area contributed by atoms with Gasteiger partial charge in [0.15, 0.2) is 0 Å². The highest BCUT2D eigenvalue weighted by atomic mass is 16.5. The highest BCUT2D eigenvalue weighted by Crippen LogP contribution is 2.47. The van der Waals surface area contributed by atoms with Gasteiger partial charge in [0.05, 0.1) is 18.9 Å². The molecule has 5 heteroatoms. The van der Waals surface area contributed by atoms with Crippen LogP contribution in [0, 0.1) is 0 Å². The van der Waals surface area contributed by atoms with E-state index >= 15 is 0 Å². The van der Waals surface area contributed by atoms with Crippen molar-refractivity contribution in [1.82, 2.24) is 4.90 Å². The number of carbonyl (C=O) groups is 2. The first-order valence-corrected chi connectivity index (χ1v) is 12.2. The Hall–Kier alpha value is -2.66. The van der Waals surface area contributed by atoms with Crippen LogP contribution in [0.15, 0.2) is 48.5 Å². The van der Waals surface area contributed by atoms with Gasteiger partial charge in [-0.3, -0.25) is 14.5 Å². The first kappa shape index (κ1) is 22.1. The molecular formula is C28H34N2O3. The minimum atomic E-state index is -0.866. The first-order valence-electron chi connectivity index (χ1n) is 12.2. The van der Waals surface area contributed by atoms with E-state index < -0.39 is 5.41 Å². The fraction of sp³-hybridized carbons (Fsp3) is 0.500. The molecule has 33 heavy (non-hydrogen) atoms. The molecule has 0 bridgehead atoms. The van der Waals surface area contributed by atoms with Gasteiger partial charge in [-0.1, -0.05) is 42.5 Å². The van der Waals surface area contributed by atoms with Crippen molar-refractivity contribution in [3.8, 4) is 0 Å². The summed E-state index contributed by atoms with van der Waals surface area (Å²) >= 11 is 0. The molecule has 0 radical (unpaired) electrons. The van der Waals surface area contributed by atoms with E-state index in [1.165, 1.54) is 37.5 Å². The number of nitrogens with zero attached hydrogens (tertiary/aromatic N) is 2. The van der Waals surface area contributed by atoms with Crippen molar-refractivity contribution >= 4 is 17.6 Å². The molecule has 0 saturated carbocycles. The molecule has 3 aliphatic rings. The predicted octanol–water partition coefficient (Wildman–Crippen LogP) is 4.57. The number of para-hydroxylation sites is 1. The number of methoxy groups -OCH3 is 1. The van der Waals surface area contributed by atoms with Crippen molar-refractivity contribution in [1.29, 1.82) is 0 Å². The molecule has 1 fully saturated rings. The molecule has 0 N–H and O–H groups in total. The molecule has 0 aromatic heterocycles. The summed E-state index contributed by atoms with van der Waals surface area (Å²) in [4.78, 5) is 30.5. The second-order valence-corrected chi connectivity index (χ2v) is 10.3. The summed E-state index contributed by atoms with van der Waals surface area (Å²) in [6.45, 7) is 6.22. The number of fused-ring (bicyclic) bond motifs is 2. The van der Waals surface area contributed by atoms with E-state index in [2.05, 4.69) is 36.1 Å². The van der Waals surface area contributed by atoms with Gasteiger partial charge in [-0.25, -0.2) is 0 Å². The molecule has 2 atom stereocenters. The minimum absolute atomic E-state index is 0.0294. The number of carbonyl (C=O) groups excluding carboxylic acids is 2. The maximum absolute atomic E-state index is 13.7. The number of piperidine rings is 1. The number of hydrogen-bond acceptors (Lipinski definition) is 4. The van der Waals surface area contributed by atoms with Gasteiger partial charge in [-0.05, 0) is 68.7 Å². The van der Waals surface area contributed by atoms with Crippen molar-refractivity contribution in [2.24, 2.45) is 0 Å². The summed E-state index contributed by atoms with van der Waals surface area (Å²) < 4.78 is 4.93. The molecule has 0 spiro atoms. The maximum Gasteiger partial charge on any atom is 0.306 e. The van der Waals surface area contributed by atoms with Crippen LogP contribution in [0.4, 0.5) is 5.69 Å². The third kappa shape index (κ3) is 3.48. The Bertz CT molecular complexity index is 1070. The van der Waals surface area contributed by atoms with Crippen LogP contribution in [0.2, 0.25) is 0 Å². The summed E-state index contributed by atoms with van der Waals surface area (Å²) in [5.41, 5.74) is 4.05. The summed E-state index contributed by atoms with van der Waals surface area (Å²) in [6, 6.07) is 17.0. The van der Waals surface area contributed by atoms with Gasteiger partial charge in [0.2, 0.25) is 5.91 Å². The Labute approximate surface area is 196 Å². The normalized spacial score (nSPS) is 27.8. The first-order chi connectivity index (χ1) is 15.9. The monoisotopic (exact) mass is 446 g/mol. The standard InChI is InChI=1S/C28H34N2O3/c1-27(19-25(31)33-3)23-12-6-7-13-24(23)30(26(27)32)21-14-17-29(18-15-21)28(2)16-8-10-20-9-4-5-11-22(20)28/h4-7,9,11-13,21H,8,10,14-19H2,1-3H3. The zero-order valence-electron chi connectivity index (χ0n) is 20.0. The maximum atomic E-state index is 13.7. The summed E-state index contributed by atoms with van der Waals surface area (Å²) in [7, 11) is 1.38. The highest BCUT2D eigenvalue weighted by Gasteiger charge is 2.51. The van der Waals surface area contributed by atoms with Crippen molar-refractivity contribution in [3.05, 3.63) is 65.2 Å². The Morgan fingerprint density at radius 1 is 1.03 bits per heavy atom. The predicted molar refractivity (Wildman–Crippen MR) is 129 cm³/mol. The molecule has 5 nitrogen and oxygen atoms in total.